The predicted molar refractivity (Wildman–Crippen MR) is 112 cm³/mol. The zero-order chi connectivity index (χ0) is 21.3. The second-order valence-electron chi connectivity index (χ2n) is 7.50. The van der Waals surface area contributed by atoms with Gasteiger partial charge in [-0.3, -0.25) is 19.4 Å². The van der Waals surface area contributed by atoms with E-state index in [-0.39, 0.29) is 18.6 Å². The lowest BCUT2D eigenvalue weighted by Gasteiger charge is -2.38. The normalized spacial score (nSPS) is 19.7. The molecule has 7 heteroatoms. The van der Waals surface area contributed by atoms with Crippen LogP contribution in [-0.2, 0) is 4.79 Å². The van der Waals surface area contributed by atoms with Crippen LogP contribution in [0.15, 0.2) is 48.1 Å². The molecule has 0 amide bonds. The van der Waals surface area contributed by atoms with Crippen molar-refractivity contribution < 1.29 is 19.4 Å². The maximum Gasteiger partial charge on any atom is 0.303 e. The van der Waals surface area contributed by atoms with Crippen LogP contribution in [0.5, 0.6) is 5.75 Å². The predicted octanol–water partition coefficient (Wildman–Crippen LogP) is 2.51. The van der Waals surface area contributed by atoms with Crippen LogP contribution in [-0.4, -0.2) is 72.0 Å². The number of Topliss-reactive ketones (excluding diaryl/α,β-unsaturated/α-hetero) is 1. The second kappa shape index (κ2) is 10.7. The molecular formula is C23H27N3O4. The van der Waals surface area contributed by atoms with E-state index in [2.05, 4.69) is 21.9 Å². The lowest BCUT2D eigenvalue weighted by Crippen LogP contribution is -2.50. The molecule has 1 atom stereocenters. The summed E-state index contributed by atoms with van der Waals surface area (Å²) in [7, 11) is 0. The number of rotatable bonds is 9. The molecule has 1 heterocycles. The van der Waals surface area contributed by atoms with Gasteiger partial charge in [-0.05, 0) is 36.8 Å². The van der Waals surface area contributed by atoms with Crippen LogP contribution in [0.4, 0.5) is 0 Å². The summed E-state index contributed by atoms with van der Waals surface area (Å²) in [6.07, 6.45) is 6.81. The fourth-order valence-electron chi connectivity index (χ4n) is 3.68. The highest BCUT2D eigenvalue weighted by Crippen LogP contribution is 2.18. The summed E-state index contributed by atoms with van der Waals surface area (Å²) >= 11 is 0. The van der Waals surface area contributed by atoms with E-state index >= 15 is 0 Å². The lowest BCUT2D eigenvalue weighted by molar-refractivity contribution is -0.136. The topological polar surface area (TPSA) is 93.9 Å². The molecule has 3 rings (SSSR count). The van der Waals surface area contributed by atoms with E-state index in [9.17, 15) is 9.59 Å². The molecule has 1 aromatic rings. The highest BCUT2D eigenvalue weighted by Gasteiger charge is 2.22. The van der Waals surface area contributed by atoms with Gasteiger partial charge in [0.2, 0.25) is 0 Å². The summed E-state index contributed by atoms with van der Waals surface area (Å²) in [5, 5.41) is 17.6. The summed E-state index contributed by atoms with van der Waals surface area (Å²) in [6, 6.07) is 9.45. The molecule has 0 aromatic heterocycles. The molecule has 1 saturated heterocycles. The van der Waals surface area contributed by atoms with E-state index in [0.717, 1.165) is 44.7 Å². The SMILES string of the molecule is N#CC1=CCC(N2CCN(CCOc3ccc(C(=O)CCC(=O)O)cc3)CC2)C=C1. The first-order chi connectivity index (χ1) is 14.5. The first kappa shape index (κ1) is 21.8. The Balaban J connectivity index is 1.35. The molecule has 7 nitrogen and oxygen atoms in total. The van der Waals surface area contributed by atoms with Crippen molar-refractivity contribution in [3.8, 4) is 11.8 Å². The Kier molecular flexibility index (Phi) is 7.77. The molecule has 158 valence electrons. The number of benzene rings is 1. The van der Waals surface area contributed by atoms with Gasteiger partial charge in [-0.25, -0.2) is 0 Å². The molecule has 0 spiro atoms. The molecule has 1 aromatic carbocycles. The fourth-order valence-corrected chi connectivity index (χ4v) is 3.68. The van der Waals surface area contributed by atoms with E-state index in [1.54, 1.807) is 24.3 Å². The monoisotopic (exact) mass is 409 g/mol. The van der Waals surface area contributed by atoms with Crippen LogP contribution in [0.3, 0.4) is 0 Å². The lowest BCUT2D eigenvalue weighted by atomic mass is 10.0. The number of hydrogen-bond acceptors (Lipinski definition) is 6. The van der Waals surface area contributed by atoms with Gasteiger partial charge in [0.25, 0.3) is 0 Å². The van der Waals surface area contributed by atoms with Crippen LogP contribution in [0.2, 0.25) is 0 Å². The summed E-state index contributed by atoms with van der Waals surface area (Å²) in [6.45, 7) is 5.38. The number of carboxylic acid groups (broad SMARTS) is 1. The molecule has 1 N–H and O–H groups in total. The number of ether oxygens (including phenoxy) is 1. The standard InChI is InChI=1S/C23H27N3O4/c24-17-18-1-5-20(6-2-18)26-13-11-25(12-14-26)15-16-30-21-7-3-19(4-8-21)22(27)9-10-23(28)29/h1-5,7-8,20H,6,9-16H2,(H,28,29). The third-order valence-corrected chi connectivity index (χ3v) is 5.50. The number of carbonyl (C=O) groups is 2. The first-order valence-corrected chi connectivity index (χ1v) is 10.3. The van der Waals surface area contributed by atoms with Crippen molar-refractivity contribution in [3.63, 3.8) is 0 Å². The zero-order valence-corrected chi connectivity index (χ0v) is 17.0. The van der Waals surface area contributed by atoms with Gasteiger partial charge in [0.1, 0.15) is 12.4 Å². The van der Waals surface area contributed by atoms with Crippen molar-refractivity contribution in [1.29, 1.82) is 5.26 Å². The minimum absolute atomic E-state index is 0.00787. The molecule has 1 aliphatic carbocycles. The number of piperazine rings is 1. The number of carbonyl (C=O) groups excluding carboxylic acids is 1. The molecule has 30 heavy (non-hydrogen) atoms. The van der Waals surface area contributed by atoms with E-state index in [1.807, 2.05) is 12.2 Å². The van der Waals surface area contributed by atoms with E-state index < -0.39 is 5.97 Å². The van der Waals surface area contributed by atoms with Crippen LogP contribution in [0.1, 0.15) is 29.6 Å². The molecule has 0 bridgehead atoms. The maximum absolute atomic E-state index is 11.9. The molecule has 1 aliphatic heterocycles. The average molecular weight is 409 g/mol. The van der Waals surface area contributed by atoms with Gasteiger partial charge >= 0.3 is 5.97 Å². The minimum Gasteiger partial charge on any atom is -0.492 e. The van der Waals surface area contributed by atoms with Gasteiger partial charge in [-0.1, -0.05) is 12.2 Å². The Morgan fingerprint density at radius 1 is 1.13 bits per heavy atom. The highest BCUT2D eigenvalue weighted by atomic mass is 16.5. The molecule has 1 fully saturated rings. The molecule has 1 unspecified atom stereocenters. The molecule has 0 radical (unpaired) electrons. The number of hydrogen-bond donors (Lipinski definition) is 1. The highest BCUT2D eigenvalue weighted by molar-refractivity contribution is 5.97. The van der Waals surface area contributed by atoms with Gasteiger partial charge in [-0.2, -0.15) is 5.26 Å². The summed E-state index contributed by atoms with van der Waals surface area (Å²) in [4.78, 5) is 27.3. The maximum atomic E-state index is 11.9. The number of allylic oxidation sites excluding steroid dienone is 2. The Bertz CT molecular complexity index is 846. The van der Waals surface area contributed by atoms with Crippen molar-refractivity contribution in [1.82, 2.24) is 9.80 Å². The fraction of sp³-hybridized carbons (Fsp3) is 0.435. The van der Waals surface area contributed by atoms with Crippen molar-refractivity contribution in [2.75, 3.05) is 39.3 Å². The molecular weight excluding hydrogens is 382 g/mol. The second-order valence-corrected chi connectivity index (χ2v) is 7.50. The van der Waals surface area contributed by atoms with Gasteiger partial charge in [0.15, 0.2) is 5.78 Å². The van der Waals surface area contributed by atoms with Crippen LogP contribution < -0.4 is 4.74 Å². The van der Waals surface area contributed by atoms with Crippen LogP contribution in [0, 0.1) is 11.3 Å². The van der Waals surface area contributed by atoms with Crippen LogP contribution >= 0.6 is 0 Å². The Morgan fingerprint density at radius 2 is 1.87 bits per heavy atom. The van der Waals surface area contributed by atoms with Crippen molar-refractivity contribution >= 4 is 11.8 Å². The van der Waals surface area contributed by atoms with E-state index in [1.165, 1.54) is 0 Å². The Labute approximate surface area is 176 Å². The third-order valence-electron chi connectivity index (χ3n) is 5.50. The minimum atomic E-state index is -0.968. The van der Waals surface area contributed by atoms with Gasteiger partial charge in [0.05, 0.1) is 12.5 Å². The van der Waals surface area contributed by atoms with Gasteiger partial charge in [0, 0.05) is 56.3 Å². The quantitative estimate of drug-likeness (QED) is 0.626. The summed E-state index contributed by atoms with van der Waals surface area (Å²) < 4.78 is 5.80. The van der Waals surface area contributed by atoms with Gasteiger partial charge < -0.3 is 9.84 Å². The number of nitrogens with zero attached hydrogens (tertiary/aromatic N) is 3. The number of aliphatic carboxylic acids is 1. The van der Waals surface area contributed by atoms with Gasteiger partial charge in [-0.15, -0.1) is 0 Å². The smallest absolute Gasteiger partial charge is 0.303 e. The summed E-state index contributed by atoms with van der Waals surface area (Å²) in [5.41, 5.74) is 1.26. The Hall–Kier alpha value is -2.95. The summed E-state index contributed by atoms with van der Waals surface area (Å²) in [5.74, 6) is -0.436. The number of ketones is 1. The first-order valence-electron chi connectivity index (χ1n) is 10.3. The zero-order valence-electron chi connectivity index (χ0n) is 17.0. The van der Waals surface area contributed by atoms with Crippen molar-refractivity contribution in [2.45, 2.75) is 25.3 Å². The average Bonchev–Trinajstić information content (AvgIpc) is 2.78. The largest absolute Gasteiger partial charge is 0.492 e. The van der Waals surface area contributed by atoms with Crippen LogP contribution in [0.25, 0.3) is 0 Å². The van der Waals surface area contributed by atoms with Crippen molar-refractivity contribution in [3.05, 3.63) is 53.6 Å². The van der Waals surface area contributed by atoms with E-state index in [0.29, 0.717) is 24.0 Å². The number of carboxylic acids is 1. The molecule has 2 aliphatic rings. The van der Waals surface area contributed by atoms with E-state index in [4.69, 9.17) is 15.1 Å². The molecule has 0 saturated carbocycles. The number of nitriles is 1. The third kappa shape index (κ3) is 6.28. The van der Waals surface area contributed by atoms with Crippen molar-refractivity contribution in [2.24, 2.45) is 0 Å². The Morgan fingerprint density at radius 3 is 2.47 bits per heavy atom.